The van der Waals surface area contributed by atoms with Gasteiger partial charge in [-0.05, 0) is 37.3 Å². The third kappa shape index (κ3) is 1.96. The van der Waals surface area contributed by atoms with Gasteiger partial charge in [0, 0.05) is 17.0 Å². The van der Waals surface area contributed by atoms with E-state index in [1.807, 2.05) is 19.2 Å². The largest absolute Gasteiger partial charge is 0.505 e. The van der Waals surface area contributed by atoms with Crippen LogP contribution >= 0.6 is 0 Å². The number of fused-ring (bicyclic) bond motifs is 1. The van der Waals surface area contributed by atoms with E-state index in [9.17, 15) is 5.11 Å². The highest BCUT2D eigenvalue weighted by atomic mass is 16.3. The fourth-order valence-corrected chi connectivity index (χ4v) is 3.02. The first-order valence-electron chi connectivity index (χ1n) is 6.84. The number of aromatic hydroxyl groups is 1. The van der Waals surface area contributed by atoms with Crippen LogP contribution in [0.15, 0.2) is 24.4 Å². The predicted octanol–water partition coefficient (Wildman–Crippen LogP) is 4.30. The van der Waals surface area contributed by atoms with Crippen LogP contribution < -0.4 is 0 Å². The minimum atomic E-state index is 0.322. The quantitative estimate of drug-likeness (QED) is 0.807. The minimum absolute atomic E-state index is 0.322. The van der Waals surface area contributed by atoms with E-state index in [-0.39, 0.29) is 0 Å². The van der Waals surface area contributed by atoms with Crippen LogP contribution in [0.2, 0.25) is 0 Å². The molecule has 1 aromatic heterocycles. The summed E-state index contributed by atoms with van der Waals surface area (Å²) in [6.07, 6.45) is 8.55. The zero-order valence-electron chi connectivity index (χ0n) is 10.8. The van der Waals surface area contributed by atoms with Gasteiger partial charge >= 0.3 is 0 Å². The van der Waals surface area contributed by atoms with Crippen LogP contribution in [0.4, 0.5) is 0 Å². The maximum absolute atomic E-state index is 10.00. The number of hydrogen-bond donors (Lipinski definition) is 1. The van der Waals surface area contributed by atoms with Crippen molar-refractivity contribution in [2.45, 2.75) is 44.9 Å². The summed E-state index contributed by atoms with van der Waals surface area (Å²) in [5.74, 6) is 1.02. The second kappa shape index (κ2) is 4.60. The third-order valence-electron chi connectivity index (χ3n) is 4.15. The van der Waals surface area contributed by atoms with E-state index in [4.69, 9.17) is 0 Å². The van der Waals surface area contributed by atoms with Crippen molar-refractivity contribution in [3.8, 4) is 5.75 Å². The van der Waals surface area contributed by atoms with E-state index in [0.29, 0.717) is 17.4 Å². The smallest absolute Gasteiger partial charge is 0.144 e. The second-order valence-electron chi connectivity index (χ2n) is 5.37. The first-order chi connectivity index (χ1) is 8.75. The summed E-state index contributed by atoms with van der Waals surface area (Å²) < 4.78 is 0. The first kappa shape index (κ1) is 11.5. The summed E-state index contributed by atoms with van der Waals surface area (Å²) in [5, 5.41) is 12.0. The third-order valence-corrected chi connectivity index (χ3v) is 4.15. The van der Waals surface area contributed by atoms with E-state index >= 15 is 0 Å². The number of aromatic nitrogens is 1. The molecule has 0 saturated heterocycles. The summed E-state index contributed by atoms with van der Waals surface area (Å²) >= 11 is 0. The number of benzene rings is 1. The molecule has 0 atom stereocenters. The maximum Gasteiger partial charge on any atom is 0.144 e. The second-order valence-corrected chi connectivity index (χ2v) is 5.37. The Labute approximate surface area is 108 Å². The lowest BCUT2D eigenvalue weighted by molar-refractivity contribution is 0.444. The van der Waals surface area contributed by atoms with Gasteiger partial charge in [-0.2, -0.15) is 0 Å². The van der Waals surface area contributed by atoms with Crippen LogP contribution in [0.5, 0.6) is 5.75 Å². The monoisotopic (exact) mass is 241 g/mol. The van der Waals surface area contributed by atoms with E-state index in [2.05, 4.69) is 17.1 Å². The van der Waals surface area contributed by atoms with Gasteiger partial charge in [0.05, 0.1) is 5.69 Å². The summed E-state index contributed by atoms with van der Waals surface area (Å²) in [7, 11) is 0. The number of aryl methyl sites for hydroxylation is 1. The van der Waals surface area contributed by atoms with Gasteiger partial charge in [0.25, 0.3) is 0 Å². The molecule has 0 radical (unpaired) electrons. The Hall–Kier alpha value is -1.57. The van der Waals surface area contributed by atoms with Crippen molar-refractivity contribution < 1.29 is 5.11 Å². The molecule has 2 aromatic rings. The molecule has 0 spiro atoms. The molecule has 1 saturated carbocycles. The Balaban J connectivity index is 2.03. The molecule has 0 aliphatic heterocycles. The molecule has 1 N–H and O–H groups in total. The maximum atomic E-state index is 10.00. The van der Waals surface area contributed by atoms with Crippen LogP contribution in [-0.4, -0.2) is 10.1 Å². The van der Waals surface area contributed by atoms with Gasteiger partial charge in [-0.3, -0.25) is 4.98 Å². The fraction of sp³-hybridized carbons (Fsp3) is 0.438. The van der Waals surface area contributed by atoms with Gasteiger partial charge in [0.15, 0.2) is 0 Å². The molecule has 1 fully saturated rings. The molecule has 1 aromatic carbocycles. The van der Waals surface area contributed by atoms with Crippen LogP contribution in [0.3, 0.4) is 0 Å². The van der Waals surface area contributed by atoms with Gasteiger partial charge in [-0.25, -0.2) is 0 Å². The molecule has 2 nitrogen and oxygen atoms in total. The Morgan fingerprint density at radius 2 is 1.94 bits per heavy atom. The average molecular weight is 241 g/mol. The Kier molecular flexibility index (Phi) is 2.94. The zero-order valence-corrected chi connectivity index (χ0v) is 10.8. The van der Waals surface area contributed by atoms with Crippen molar-refractivity contribution >= 4 is 10.8 Å². The van der Waals surface area contributed by atoms with Gasteiger partial charge in [0.1, 0.15) is 5.75 Å². The van der Waals surface area contributed by atoms with Crippen LogP contribution in [0, 0.1) is 6.92 Å². The SMILES string of the molecule is Cc1ncc2cc(C3CCCCC3)ccc2c1O. The van der Waals surface area contributed by atoms with E-state index in [1.165, 1.54) is 37.7 Å². The molecular weight excluding hydrogens is 222 g/mol. The van der Waals surface area contributed by atoms with Crippen molar-refractivity contribution in [3.63, 3.8) is 0 Å². The number of rotatable bonds is 1. The Bertz CT molecular complexity index is 571. The molecule has 2 heteroatoms. The molecule has 1 aliphatic carbocycles. The van der Waals surface area contributed by atoms with Crippen LogP contribution in [0.1, 0.15) is 49.3 Å². The summed E-state index contributed by atoms with van der Waals surface area (Å²) in [5.41, 5.74) is 2.11. The minimum Gasteiger partial charge on any atom is -0.505 e. The lowest BCUT2D eigenvalue weighted by Crippen LogP contribution is -2.04. The molecule has 1 aliphatic rings. The zero-order chi connectivity index (χ0) is 12.5. The average Bonchev–Trinajstić information content (AvgIpc) is 2.44. The molecule has 0 bridgehead atoms. The number of hydrogen-bond acceptors (Lipinski definition) is 2. The van der Waals surface area contributed by atoms with Crippen LogP contribution in [-0.2, 0) is 0 Å². The number of nitrogens with zero attached hydrogens (tertiary/aromatic N) is 1. The standard InChI is InChI=1S/C16H19NO/c1-11-16(18)15-8-7-13(9-14(15)10-17-11)12-5-3-2-4-6-12/h7-10,12,18H,2-6H2,1H3. The van der Waals surface area contributed by atoms with Crippen molar-refractivity contribution in [1.29, 1.82) is 0 Å². The normalized spacial score (nSPS) is 17.2. The van der Waals surface area contributed by atoms with Crippen molar-refractivity contribution in [2.75, 3.05) is 0 Å². The lowest BCUT2D eigenvalue weighted by atomic mass is 9.83. The first-order valence-corrected chi connectivity index (χ1v) is 6.84. The van der Waals surface area contributed by atoms with Gasteiger partial charge in [0.2, 0.25) is 0 Å². The summed E-state index contributed by atoms with van der Waals surface area (Å²) in [6, 6.07) is 6.43. The van der Waals surface area contributed by atoms with Crippen molar-refractivity contribution in [2.24, 2.45) is 0 Å². The van der Waals surface area contributed by atoms with Crippen LogP contribution in [0.25, 0.3) is 10.8 Å². The highest BCUT2D eigenvalue weighted by Crippen LogP contribution is 2.35. The Morgan fingerprint density at radius 3 is 2.72 bits per heavy atom. The molecule has 1 heterocycles. The van der Waals surface area contributed by atoms with Gasteiger partial charge in [-0.15, -0.1) is 0 Å². The molecule has 0 amide bonds. The van der Waals surface area contributed by atoms with Gasteiger partial charge in [-0.1, -0.05) is 31.4 Å². The number of pyridine rings is 1. The van der Waals surface area contributed by atoms with Crippen molar-refractivity contribution in [1.82, 2.24) is 4.98 Å². The lowest BCUT2D eigenvalue weighted by Gasteiger charge is -2.22. The molecular formula is C16H19NO. The molecule has 18 heavy (non-hydrogen) atoms. The predicted molar refractivity (Wildman–Crippen MR) is 74.0 cm³/mol. The highest BCUT2D eigenvalue weighted by Gasteiger charge is 2.16. The molecule has 94 valence electrons. The Morgan fingerprint density at radius 1 is 1.17 bits per heavy atom. The van der Waals surface area contributed by atoms with E-state index in [1.54, 1.807) is 0 Å². The fourth-order valence-electron chi connectivity index (χ4n) is 3.02. The summed E-state index contributed by atoms with van der Waals surface area (Å²) in [4.78, 5) is 4.24. The van der Waals surface area contributed by atoms with Gasteiger partial charge < -0.3 is 5.11 Å². The van der Waals surface area contributed by atoms with E-state index in [0.717, 1.165) is 10.8 Å². The molecule has 3 rings (SSSR count). The molecule has 0 unspecified atom stereocenters. The summed E-state index contributed by atoms with van der Waals surface area (Å²) in [6.45, 7) is 1.84. The highest BCUT2D eigenvalue weighted by molar-refractivity contribution is 5.88. The van der Waals surface area contributed by atoms with Crippen molar-refractivity contribution in [3.05, 3.63) is 35.7 Å². The van der Waals surface area contributed by atoms with E-state index < -0.39 is 0 Å². The topological polar surface area (TPSA) is 33.1 Å².